The maximum atomic E-state index is 0. The molecule has 0 saturated heterocycles. The van der Waals surface area contributed by atoms with Crippen molar-refractivity contribution in [3.8, 4) is 0 Å². The van der Waals surface area contributed by atoms with Gasteiger partial charge in [0.15, 0.2) is 0 Å². The molecule has 0 saturated carbocycles. The van der Waals surface area contributed by atoms with Crippen molar-refractivity contribution in [1.29, 1.82) is 0 Å². The molecule has 0 aliphatic heterocycles. The van der Waals surface area contributed by atoms with Crippen LogP contribution in [0.1, 0.15) is 0 Å². The van der Waals surface area contributed by atoms with Gasteiger partial charge < -0.3 is 5.48 Å². The molecule has 4 heavy (non-hydrogen) atoms. The maximum absolute atomic E-state index is 0. The fraction of sp³-hybridized carbons (Fsp3) is 0. The summed E-state index contributed by atoms with van der Waals surface area (Å²) >= 11 is 0. The van der Waals surface area contributed by atoms with E-state index in [1.165, 1.54) is 0 Å². The van der Waals surface area contributed by atoms with Crippen LogP contribution in [-0.2, 0) is 41.1 Å². The topological polar surface area (TPSA) is 28.5 Å². The minimum Gasteiger partial charge on any atom is -2.00 e. The standard InChI is InChI=1S/Mn.O.Sb.V/q+2;-2;;. The Bertz CT molecular complexity index is 8.00. The number of hydrogen-bond acceptors (Lipinski definition) is 0. The summed E-state index contributed by atoms with van der Waals surface area (Å²) in [5.41, 5.74) is 0. The third-order valence-electron chi connectivity index (χ3n) is 0. The summed E-state index contributed by atoms with van der Waals surface area (Å²) < 4.78 is 0. The van der Waals surface area contributed by atoms with Gasteiger partial charge in [-0.2, -0.15) is 0 Å². The molecule has 1 nitrogen and oxygen atoms in total. The summed E-state index contributed by atoms with van der Waals surface area (Å²) in [4.78, 5) is 0. The summed E-state index contributed by atoms with van der Waals surface area (Å²) in [7, 11) is 0. The Morgan fingerprint density at radius 1 is 1.00 bits per heavy atom. The van der Waals surface area contributed by atoms with E-state index < -0.39 is 0 Å². The van der Waals surface area contributed by atoms with E-state index in [-0.39, 0.29) is 65.5 Å². The first-order valence-corrected chi connectivity index (χ1v) is 0. The van der Waals surface area contributed by atoms with Gasteiger partial charge in [-0.25, -0.2) is 0 Å². The molecule has 0 bridgehead atoms. The molecule has 0 aliphatic carbocycles. The predicted octanol–water partition coefficient (Wildman–Crippen LogP) is -0.505. The number of hydrogen-bond donors (Lipinski definition) is 0. The van der Waals surface area contributed by atoms with Gasteiger partial charge in [-0.05, 0) is 0 Å². The molecule has 0 spiro atoms. The summed E-state index contributed by atoms with van der Waals surface area (Å²) in [6.45, 7) is 0. The van der Waals surface area contributed by atoms with Crippen LogP contribution >= 0.6 is 0 Å². The second kappa shape index (κ2) is 20.8. The van der Waals surface area contributed by atoms with Crippen LogP contribution < -0.4 is 0 Å². The van der Waals surface area contributed by atoms with Gasteiger partial charge >= 0.3 is 17.1 Å². The zero-order chi connectivity index (χ0) is 0. The minimum absolute atomic E-state index is 0. The van der Waals surface area contributed by atoms with E-state index in [0.717, 1.165) is 0 Å². The second-order valence-corrected chi connectivity index (χ2v) is 0. The molecule has 0 amide bonds. The third kappa shape index (κ3) is 9.10. The fourth-order valence-electron chi connectivity index (χ4n) is 0. The first kappa shape index (κ1) is 39.6. The van der Waals surface area contributed by atoms with E-state index in [4.69, 9.17) is 0 Å². The van der Waals surface area contributed by atoms with Crippen LogP contribution in [0.5, 0.6) is 0 Å². The molecule has 0 aromatic heterocycles. The Kier molecular flexibility index (Phi) is 206. The molecule has 0 unspecified atom stereocenters. The van der Waals surface area contributed by atoms with Gasteiger partial charge in [-0.3, -0.25) is 0 Å². The van der Waals surface area contributed by atoms with Crippen LogP contribution in [0.4, 0.5) is 0 Å². The molecule has 0 N–H and O–H groups in total. The van der Waals surface area contributed by atoms with Gasteiger partial charge in [0.25, 0.3) is 0 Å². The van der Waals surface area contributed by atoms with Crippen molar-refractivity contribution in [3.05, 3.63) is 0 Å². The zero-order valence-corrected chi connectivity index (χ0v) is 6.81. The van der Waals surface area contributed by atoms with Crippen molar-refractivity contribution in [3.63, 3.8) is 0 Å². The predicted molar refractivity (Wildman–Crippen MR) is 6.44 cm³/mol. The van der Waals surface area contributed by atoms with Gasteiger partial charge in [0.05, 0.1) is 0 Å². The summed E-state index contributed by atoms with van der Waals surface area (Å²) in [6.07, 6.45) is 0. The first-order valence-electron chi connectivity index (χ1n) is 0. The molecule has 0 rings (SSSR count). The van der Waals surface area contributed by atoms with Crippen molar-refractivity contribution in [2.45, 2.75) is 0 Å². The SMILES string of the molecule is [Mn+2].[O-2].[Sb].[V]. The molecule has 4 heteroatoms. The summed E-state index contributed by atoms with van der Waals surface area (Å²) in [6, 6.07) is 0. The summed E-state index contributed by atoms with van der Waals surface area (Å²) in [5.74, 6) is 0. The van der Waals surface area contributed by atoms with E-state index in [9.17, 15) is 0 Å². The number of rotatable bonds is 0. The third-order valence-corrected chi connectivity index (χ3v) is 0. The van der Waals surface area contributed by atoms with Gasteiger partial charge in [-0.1, -0.05) is 0 Å². The average Bonchev–Trinajstić information content (AvgIpc) is 0. The first-order chi connectivity index (χ1) is 0. The molecule has 0 fully saturated rings. The minimum atomic E-state index is 0. The zero-order valence-electron chi connectivity index (χ0n) is 1.68. The van der Waals surface area contributed by atoms with Crippen molar-refractivity contribution < 1.29 is 41.1 Å². The van der Waals surface area contributed by atoms with Crippen LogP contribution in [0, 0.1) is 0 Å². The van der Waals surface area contributed by atoms with Crippen LogP contribution in [0.2, 0.25) is 0 Å². The molecular weight excluding hydrogens is 244 g/mol. The van der Waals surface area contributed by atoms with E-state index in [2.05, 4.69) is 0 Å². The molecule has 0 aliphatic rings. The van der Waals surface area contributed by atoms with E-state index in [0.29, 0.717) is 0 Å². The maximum Gasteiger partial charge on any atom is 2.00 e. The normalized spacial score (nSPS) is 0. The van der Waals surface area contributed by atoms with Gasteiger partial charge in [0, 0.05) is 43.0 Å². The molecule has 23 valence electrons. The summed E-state index contributed by atoms with van der Waals surface area (Å²) in [5, 5.41) is 0. The quantitative estimate of drug-likeness (QED) is 0.513. The Hall–Kier alpha value is 1.88. The van der Waals surface area contributed by atoms with E-state index in [1.807, 2.05) is 0 Å². The van der Waals surface area contributed by atoms with Crippen molar-refractivity contribution in [2.75, 3.05) is 0 Å². The van der Waals surface area contributed by atoms with Crippen LogP contribution in [-0.4, -0.2) is 24.4 Å². The van der Waals surface area contributed by atoms with Crippen LogP contribution in [0.3, 0.4) is 0 Å². The monoisotopic (exact) mass is 243 g/mol. The molecule has 0 heterocycles. The molecular formula is MnOSbV. The molecule has 5 radical (unpaired) electrons. The Balaban J connectivity index is 0. The second-order valence-electron chi connectivity index (χ2n) is 0. The Labute approximate surface area is 65.0 Å². The van der Waals surface area contributed by atoms with Gasteiger partial charge in [0.1, 0.15) is 0 Å². The molecule has 0 aromatic rings. The molecule has 0 aromatic carbocycles. The molecule has 0 atom stereocenters. The van der Waals surface area contributed by atoms with Gasteiger partial charge in [-0.15, -0.1) is 0 Å². The van der Waals surface area contributed by atoms with Crippen molar-refractivity contribution >= 4 is 24.4 Å². The fourth-order valence-corrected chi connectivity index (χ4v) is 0. The van der Waals surface area contributed by atoms with Gasteiger partial charge in [0.2, 0.25) is 0 Å². The van der Waals surface area contributed by atoms with Crippen LogP contribution in [0.15, 0.2) is 0 Å². The van der Waals surface area contributed by atoms with Crippen LogP contribution in [0.25, 0.3) is 0 Å². The van der Waals surface area contributed by atoms with Crippen molar-refractivity contribution in [1.82, 2.24) is 0 Å². The van der Waals surface area contributed by atoms with Crippen molar-refractivity contribution in [2.24, 2.45) is 0 Å². The smallest absolute Gasteiger partial charge is 2.00 e. The van der Waals surface area contributed by atoms with E-state index in [1.54, 1.807) is 0 Å². The Morgan fingerprint density at radius 3 is 1.00 bits per heavy atom. The van der Waals surface area contributed by atoms with E-state index >= 15 is 0 Å². The average molecular weight is 244 g/mol. The Morgan fingerprint density at radius 2 is 1.00 bits per heavy atom. The largest absolute Gasteiger partial charge is 2.00 e.